The molecule has 9 heteroatoms. The van der Waals surface area contributed by atoms with Crippen molar-refractivity contribution in [1.29, 1.82) is 0 Å². The van der Waals surface area contributed by atoms with Gasteiger partial charge in [0.25, 0.3) is 0 Å². The third-order valence-corrected chi connectivity index (χ3v) is 1.82. The van der Waals surface area contributed by atoms with Gasteiger partial charge in [-0.05, 0) is 36.0 Å². The standard InChI is InChI=1S/2C2H7NO2S.Zn/c2*1-2(3)6(4)5;/h2*2H,3H2,1H3,(H,4,5);/q;;+2/p-2. The molecule has 0 fully saturated rings. The van der Waals surface area contributed by atoms with E-state index in [1.807, 2.05) is 0 Å². The van der Waals surface area contributed by atoms with Crippen LogP contribution in [0.4, 0.5) is 0 Å². The molecule has 0 saturated heterocycles. The van der Waals surface area contributed by atoms with E-state index < -0.39 is 32.9 Å². The van der Waals surface area contributed by atoms with Crippen molar-refractivity contribution in [3.8, 4) is 0 Å². The molecule has 0 amide bonds. The van der Waals surface area contributed by atoms with Gasteiger partial charge in [-0.15, -0.1) is 0 Å². The molecule has 0 radical (unpaired) electrons. The molecule has 0 aromatic carbocycles. The third-order valence-electron chi connectivity index (χ3n) is 0.607. The van der Waals surface area contributed by atoms with Gasteiger partial charge >= 0.3 is 19.5 Å². The Hall–Kier alpha value is 0.763. The van der Waals surface area contributed by atoms with Crippen LogP contribution in [0.25, 0.3) is 0 Å². The zero-order valence-corrected chi connectivity index (χ0v) is 12.1. The molecule has 0 aromatic heterocycles. The molecule has 6 nitrogen and oxygen atoms in total. The maximum atomic E-state index is 9.57. The molecular formula is C4H12N2O4S2Zn. The summed E-state index contributed by atoms with van der Waals surface area (Å²) in [5.41, 5.74) is 9.65. The van der Waals surface area contributed by atoms with Gasteiger partial charge in [0.2, 0.25) is 0 Å². The summed E-state index contributed by atoms with van der Waals surface area (Å²) in [5.74, 6) is 0. The first-order chi connectivity index (χ1) is 5.29. The minimum Gasteiger partial charge on any atom is -0.771 e. The van der Waals surface area contributed by atoms with E-state index in [9.17, 15) is 17.5 Å². The zero-order chi connectivity index (χ0) is 10.3. The summed E-state index contributed by atoms with van der Waals surface area (Å²) in [6.07, 6.45) is 0. The Morgan fingerprint density at radius 2 is 1.08 bits per heavy atom. The van der Waals surface area contributed by atoms with Crippen molar-refractivity contribution in [2.24, 2.45) is 11.5 Å². The maximum absolute atomic E-state index is 9.57. The van der Waals surface area contributed by atoms with E-state index in [0.29, 0.717) is 0 Å². The van der Waals surface area contributed by atoms with Crippen LogP contribution < -0.4 is 11.5 Å². The molecule has 4 unspecified atom stereocenters. The predicted octanol–water partition coefficient (Wildman–Crippen LogP) is -1.66. The van der Waals surface area contributed by atoms with Gasteiger partial charge in [0, 0.05) is 0 Å². The second kappa shape index (κ2) is 10.8. The summed E-state index contributed by atoms with van der Waals surface area (Å²) in [6.45, 7) is 2.81. The van der Waals surface area contributed by atoms with Gasteiger partial charge in [-0.25, -0.2) is 0 Å². The Morgan fingerprint density at radius 3 is 1.08 bits per heavy atom. The zero-order valence-electron chi connectivity index (χ0n) is 7.47. The molecule has 4 N–H and O–H groups in total. The first-order valence-electron chi connectivity index (χ1n) is 2.96. The van der Waals surface area contributed by atoms with Gasteiger partial charge in [0.05, 0.1) is 10.7 Å². The monoisotopic (exact) mass is 280 g/mol. The fourth-order valence-corrected chi connectivity index (χ4v) is 0. The number of hydrogen-bond acceptors (Lipinski definition) is 6. The molecule has 0 rings (SSSR count). The van der Waals surface area contributed by atoms with Gasteiger partial charge in [0.1, 0.15) is 0 Å². The molecule has 0 saturated carbocycles. The molecule has 0 aliphatic heterocycles. The van der Waals surface area contributed by atoms with Crippen LogP contribution in [0.1, 0.15) is 13.8 Å². The smallest absolute Gasteiger partial charge is 0.771 e. The maximum Gasteiger partial charge on any atom is 2.00 e. The van der Waals surface area contributed by atoms with Crippen LogP contribution in [-0.4, -0.2) is 28.3 Å². The van der Waals surface area contributed by atoms with Gasteiger partial charge in [-0.2, -0.15) is 0 Å². The Bertz CT molecular complexity index is 148. The largest absolute Gasteiger partial charge is 2.00 e. The minimum absolute atomic E-state index is 0. The third kappa shape index (κ3) is 19.3. The Morgan fingerprint density at radius 1 is 1.00 bits per heavy atom. The second-order valence-corrected chi connectivity index (χ2v) is 4.46. The minimum atomic E-state index is -2.09. The molecule has 0 aromatic rings. The number of nitrogens with two attached hydrogens (primary N) is 2. The fraction of sp³-hybridized carbons (Fsp3) is 1.00. The number of hydrogen-bond donors (Lipinski definition) is 2. The van der Waals surface area contributed by atoms with E-state index in [-0.39, 0.29) is 19.5 Å². The average molecular weight is 282 g/mol. The molecule has 0 spiro atoms. The van der Waals surface area contributed by atoms with E-state index in [2.05, 4.69) is 0 Å². The van der Waals surface area contributed by atoms with Crippen LogP contribution in [0, 0.1) is 0 Å². The molecule has 13 heavy (non-hydrogen) atoms. The fourth-order valence-electron chi connectivity index (χ4n) is 0. The first-order valence-corrected chi connectivity index (χ1v) is 5.24. The Kier molecular flexibility index (Phi) is 16.1. The molecule has 0 bridgehead atoms. The van der Waals surface area contributed by atoms with E-state index in [4.69, 9.17) is 11.5 Å². The van der Waals surface area contributed by atoms with E-state index in [1.165, 1.54) is 13.8 Å². The number of rotatable bonds is 2. The van der Waals surface area contributed by atoms with E-state index in [1.54, 1.807) is 0 Å². The van der Waals surface area contributed by atoms with E-state index >= 15 is 0 Å². The molecule has 4 atom stereocenters. The van der Waals surface area contributed by atoms with Crippen LogP contribution in [0.3, 0.4) is 0 Å². The van der Waals surface area contributed by atoms with Crippen molar-refractivity contribution in [1.82, 2.24) is 0 Å². The molecule has 0 heterocycles. The summed E-state index contributed by atoms with van der Waals surface area (Å²) in [5, 5.41) is -1.46. The average Bonchev–Trinajstić information content (AvgIpc) is 1.88. The molecule has 0 aliphatic rings. The van der Waals surface area contributed by atoms with Crippen molar-refractivity contribution in [2.45, 2.75) is 24.6 Å². The molecule has 0 aliphatic carbocycles. The van der Waals surface area contributed by atoms with Gasteiger partial charge in [0.15, 0.2) is 0 Å². The summed E-state index contributed by atoms with van der Waals surface area (Å²) in [7, 11) is 0. The van der Waals surface area contributed by atoms with Crippen LogP contribution >= 0.6 is 0 Å². The van der Waals surface area contributed by atoms with Crippen LogP contribution in [0.2, 0.25) is 0 Å². The van der Waals surface area contributed by atoms with Crippen molar-refractivity contribution in [2.75, 3.05) is 0 Å². The van der Waals surface area contributed by atoms with Gasteiger partial charge in [-0.3, -0.25) is 8.42 Å². The molecule has 76 valence electrons. The predicted molar refractivity (Wildman–Crippen MR) is 45.1 cm³/mol. The SMILES string of the molecule is CC(N)S(=O)[O-].CC(N)S(=O)[O-].[Zn+2]. The van der Waals surface area contributed by atoms with E-state index in [0.717, 1.165) is 0 Å². The van der Waals surface area contributed by atoms with Crippen molar-refractivity contribution < 1.29 is 37.0 Å². The van der Waals surface area contributed by atoms with Crippen LogP contribution in [0.15, 0.2) is 0 Å². The Labute approximate surface area is 95.2 Å². The summed E-state index contributed by atoms with van der Waals surface area (Å²) in [4.78, 5) is 0. The quantitative estimate of drug-likeness (QED) is 0.460. The summed E-state index contributed by atoms with van der Waals surface area (Å²) < 4.78 is 38.3. The summed E-state index contributed by atoms with van der Waals surface area (Å²) in [6, 6.07) is 0. The van der Waals surface area contributed by atoms with Gasteiger partial charge in [-0.1, -0.05) is 0 Å². The normalized spacial score (nSPS) is 18.3. The van der Waals surface area contributed by atoms with Crippen molar-refractivity contribution in [3.05, 3.63) is 0 Å². The van der Waals surface area contributed by atoms with Gasteiger partial charge < -0.3 is 20.6 Å². The Balaban J connectivity index is -0.000000143. The van der Waals surface area contributed by atoms with Crippen LogP contribution in [-0.2, 0) is 41.6 Å². The van der Waals surface area contributed by atoms with Crippen LogP contribution in [0.5, 0.6) is 0 Å². The topological polar surface area (TPSA) is 132 Å². The first kappa shape index (κ1) is 19.4. The molecular weight excluding hydrogens is 270 g/mol. The summed E-state index contributed by atoms with van der Waals surface area (Å²) >= 11 is -4.18. The second-order valence-electron chi connectivity index (χ2n) is 1.93. The van der Waals surface area contributed by atoms with Crippen molar-refractivity contribution in [3.63, 3.8) is 0 Å². The van der Waals surface area contributed by atoms with Crippen molar-refractivity contribution >= 4 is 22.2 Å².